The van der Waals surface area contributed by atoms with E-state index in [2.05, 4.69) is 0 Å². The fourth-order valence-electron chi connectivity index (χ4n) is 4.23. The van der Waals surface area contributed by atoms with E-state index in [0.717, 1.165) is 25.2 Å². The molecule has 0 aromatic carbocycles. The van der Waals surface area contributed by atoms with E-state index in [4.69, 9.17) is 14.5 Å². The highest BCUT2D eigenvalue weighted by Crippen LogP contribution is 2.58. The second-order valence-corrected chi connectivity index (χ2v) is 6.13. The van der Waals surface area contributed by atoms with Crippen LogP contribution < -0.4 is 0 Å². The normalized spacial score (nSPS) is 49.5. The smallest absolute Gasteiger partial charge is 0.207 e. The van der Waals surface area contributed by atoms with Crippen molar-refractivity contribution in [3.63, 3.8) is 0 Å². The molecule has 4 aliphatic rings. The Bertz CT molecular complexity index is 298. The van der Waals surface area contributed by atoms with Crippen molar-refractivity contribution in [3.05, 3.63) is 0 Å². The van der Waals surface area contributed by atoms with Crippen molar-refractivity contribution in [1.29, 1.82) is 0 Å². The van der Waals surface area contributed by atoms with E-state index in [9.17, 15) is 0 Å². The Morgan fingerprint density at radius 2 is 1.81 bits per heavy atom. The van der Waals surface area contributed by atoms with Crippen molar-refractivity contribution in [2.45, 2.75) is 69.4 Å². The van der Waals surface area contributed by atoms with E-state index >= 15 is 0 Å². The van der Waals surface area contributed by atoms with E-state index < -0.39 is 0 Å². The van der Waals surface area contributed by atoms with Gasteiger partial charge in [-0.15, -0.1) is 0 Å². The second-order valence-electron chi connectivity index (χ2n) is 6.13. The number of fused-ring (bicyclic) bond motifs is 3. The minimum absolute atomic E-state index is 0.347. The first kappa shape index (κ1) is 9.86. The van der Waals surface area contributed by atoms with Crippen LogP contribution in [-0.4, -0.2) is 11.6 Å². The molecule has 1 aliphatic heterocycles. The zero-order valence-electron chi connectivity index (χ0n) is 9.74. The first-order chi connectivity index (χ1) is 7.80. The molecule has 3 atom stereocenters. The van der Waals surface area contributed by atoms with Crippen LogP contribution >= 0.6 is 0 Å². The summed E-state index contributed by atoms with van der Waals surface area (Å²) in [4.78, 5) is 11.4. The van der Waals surface area contributed by atoms with Crippen LogP contribution in [0.4, 0.5) is 0 Å². The maximum absolute atomic E-state index is 6.33. The molecule has 4 rings (SSSR count). The zero-order valence-corrected chi connectivity index (χ0v) is 9.74. The Morgan fingerprint density at radius 1 is 0.938 bits per heavy atom. The minimum atomic E-state index is -0.372. The lowest BCUT2D eigenvalue weighted by Gasteiger charge is -2.33. The highest BCUT2D eigenvalue weighted by Gasteiger charge is 2.62. The molecular weight excluding hydrogens is 204 g/mol. The van der Waals surface area contributed by atoms with Gasteiger partial charge in [-0.05, 0) is 38.0 Å². The van der Waals surface area contributed by atoms with Crippen molar-refractivity contribution in [3.8, 4) is 0 Å². The summed E-state index contributed by atoms with van der Waals surface area (Å²) < 4.78 is 6.33. The molecule has 90 valence electrons. The molecule has 4 fully saturated rings. The van der Waals surface area contributed by atoms with Gasteiger partial charge in [-0.3, -0.25) is 0 Å². The summed E-state index contributed by atoms with van der Waals surface area (Å²) in [6, 6.07) is 0. The third kappa shape index (κ3) is 1.25. The molecule has 1 saturated heterocycles. The van der Waals surface area contributed by atoms with Gasteiger partial charge in [0.25, 0.3) is 0 Å². The summed E-state index contributed by atoms with van der Waals surface area (Å²) in [6.07, 6.45) is 10.8. The van der Waals surface area contributed by atoms with Crippen LogP contribution in [0.1, 0.15) is 57.8 Å². The summed E-state index contributed by atoms with van der Waals surface area (Å²) in [6.45, 7) is 0. The summed E-state index contributed by atoms with van der Waals surface area (Å²) in [5.74, 6) is 0.703. The summed E-state index contributed by atoms with van der Waals surface area (Å²) >= 11 is 0. The van der Waals surface area contributed by atoms with Gasteiger partial charge in [-0.2, -0.15) is 9.78 Å². The number of hydrogen-bond acceptors (Lipinski definition) is 3. The second kappa shape index (κ2) is 3.21. The predicted molar refractivity (Wildman–Crippen MR) is 57.3 cm³/mol. The van der Waals surface area contributed by atoms with Crippen LogP contribution in [0.15, 0.2) is 0 Å². The molecule has 3 saturated carbocycles. The molecule has 16 heavy (non-hydrogen) atoms. The van der Waals surface area contributed by atoms with Gasteiger partial charge in [0, 0.05) is 25.2 Å². The van der Waals surface area contributed by atoms with Gasteiger partial charge in [0.15, 0.2) is 0 Å². The molecule has 3 aliphatic carbocycles. The summed E-state index contributed by atoms with van der Waals surface area (Å²) in [5.41, 5.74) is 0. The van der Waals surface area contributed by atoms with Crippen molar-refractivity contribution in [2.24, 2.45) is 11.8 Å². The van der Waals surface area contributed by atoms with E-state index in [1.54, 1.807) is 0 Å². The minimum Gasteiger partial charge on any atom is -0.312 e. The first-order valence-corrected chi connectivity index (χ1v) is 6.87. The summed E-state index contributed by atoms with van der Waals surface area (Å²) in [5, 5.41) is 0. The number of rotatable bonds is 0. The Balaban J connectivity index is 1.56. The maximum Gasteiger partial charge on any atom is 0.207 e. The van der Waals surface area contributed by atoms with Crippen molar-refractivity contribution in [2.75, 3.05) is 0 Å². The average molecular weight is 224 g/mol. The fraction of sp³-hybridized carbons (Fsp3) is 1.00. The van der Waals surface area contributed by atoms with Crippen LogP contribution in [0.25, 0.3) is 0 Å². The lowest BCUT2D eigenvalue weighted by Crippen LogP contribution is -2.41. The van der Waals surface area contributed by atoms with Crippen LogP contribution in [0.3, 0.4) is 0 Å². The fourth-order valence-corrected chi connectivity index (χ4v) is 4.23. The highest BCUT2D eigenvalue weighted by molar-refractivity contribution is 4.99. The number of ether oxygens (including phenoxy) is 1. The summed E-state index contributed by atoms with van der Waals surface area (Å²) in [7, 11) is 0. The molecule has 3 heteroatoms. The van der Waals surface area contributed by atoms with E-state index in [0.29, 0.717) is 5.92 Å². The SMILES string of the molecule is C1CCC2(CC1)OO[C@]1(C[C@@H]3CC[C@H]1C3)O2. The predicted octanol–water partition coefficient (Wildman–Crippen LogP) is 3.14. The molecule has 0 N–H and O–H groups in total. The van der Waals surface area contributed by atoms with Gasteiger partial charge >= 0.3 is 0 Å². The van der Waals surface area contributed by atoms with E-state index in [-0.39, 0.29) is 11.6 Å². The van der Waals surface area contributed by atoms with Gasteiger partial charge in [0.05, 0.1) is 0 Å². The van der Waals surface area contributed by atoms with E-state index in [1.165, 1.54) is 38.5 Å². The molecule has 3 nitrogen and oxygen atoms in total. The van der Waals surface area contributed by atoms with Gasteiger partial charge < -0.3 is 4.74 Å². The largest absolute Gasteiger partial charge is 0.312 e. The molecule has 0 radical (unpaired) electrons. The van der Waals surface area contributed by atoms with Gasteiger partial charge in [-0.1, -0.05) is 6.42 Å². The van der Waals surface area contributed by atoms with Crippen molar-refractivity contribution >= 4 is 0 Å². The third-order valence-electron chi connectivity index (χ3n) is 5.05. The topological polar surface area (TPSA) is 27.7 Å². The molecule has 0 aromatic rings. The standard InChI is InChI=1S/C13H20O3/c1-2-6-12(7-3-1)14-13(16-15-12)9-10-4-5-11(13)8-10/h10-11H,1-9H2/t10-,11+,13+/m1/s1. The zero-order chi connectivity index (χ0) is 10.6. The van der Waals surface area contributed by atoms with Gasteiger partial charge in [0.2, 0.25) is 11.6 Å². The molecule has 2 bridgehead atoms. The lowest BCUT2D eigenvalue weighted by molar-refractivity contribution is -0.361. The monoisotopic (exact) mass is 224 g/mol. The molecule has 0 aromatic heterocycles. The van der Waals surface area contributed by atoms with Crippen LogP contribution in [0.2, 0.25) is 0 Å². The van der Waals surface area contributed by atoms with Crippen LogP contribution in [-0.2, 0) is 14.5 Å². The lowest BCUT2D eigenvalue weighted by atomic mass is 9.91. The third-order valence-corrected chi connectivity index (χ3v) is 5.05. The molecule has 0 unspecified atom stereocenters. The first-order valence-electron chi connectivity index (χ1n) is 6.87. The Hall–Kier alpha value is -0.120. The molecule has 1 heterocycles. The quantitative estimate of drug-likeness (QED) is 0.592. The van der Waals surface area contributed by atoms with Crippen LogP contribution in [0, 0.1) is 11.8 Å². The van der Waals surface area contributed by atoms with Crippen LogP contribution in [0.5, 0.6) is 0 Å². The highest BCUT2D eigenvalue weighted by atomic mass is 17.3. The van der Waals surface area contributed by atoms with Gasteiger partial charge in [-0.25, -0.2) is 0 Å². The van der Waals surface area contributed by atoms with Crippen molar-refractivity contribution < 1.29 is 14.5 Å². The molecule has 0 amide bonds. The van der Waals surface area contributed by atoms with Crippen molar-refractivity contribution in [1.82, 2.24) is 0 Å². The molecular formula is C13H20O3. The number of hydrogen-bond donors (Lipinski definition) is 0. The average Bonchev–Trinajstić information content (AvgIpc) is 2.96. The van der Waals surface area contributed by atoms with Gasteiger partial charge in [0.1, 0.15) is 0 Å². The Kier molecular flexibility index (Phi) is 1.98. The molecule has 2 spiro atoms. The van der Waals surface area contributed by atoms with E-state index in [1.807, 2.05) is 0 Å². The Morgan fingerprint density at radius 3 is 2.50 bits per heavy atom. The maximum atomic E-state index is 6.33. The Labute approximate surface area is 96.4 Å².